The Morgan fingerprint density at radius 2 is 1.78 bits per heavy atom. The van der Waals surface area contributed by atoms with Crippen molar-refractivity contribution in [2.75, 3.05) is 26.2 Å². The monoisotopic (exact) mass is 689 g/mol. The van der Waals surface area contributed by atoms with Gasteiger partial charge in [-0.25, -0.2) is 9.78 Å². The fourth-order valence-electron chi connectivity index (χ4n) is 6.68. The molecule has 2 fully saturated rings. The van der Waals surface area contributed by atoms with E-state index in [4.69, 9.17) is 21.1 Å². The molecule has 6 rings (SSSR count). The smallest absolute Gasteiger partial charge is 0.410 e. The topological polar surface area (TPSA) is 119 Å². The van der Waals surface area contributed by atoms with E-state index in [1.165, 1.54) is 10.9 Å². The lowest BCUT2D eigenvalue weighted by atomic mass is 9.91. The summed E-state index contributed by atoms with van der Waals surface area (Å²) in [5.74, 6) is -0.0661. The van der Waals surface area contributed by atoms with Crippen molar-refractivity contribution in [3.8, 4) is 5.69 Å². The number of carbonyl (C=O) groups excluding carboxylic acids is 2. The summed E-state index contributed by atoms with van der Waals surface area (Å²) in [6, 6.07) is 14.5. The number of hydrogen-bond acceptors (Lipinski definition) is 7. The number of aliphatic hydroxyl groups is 1. The van der Waals surface area contributed by atoms with Crippen LogP contribution in [0.3, 0.4) is 0 Å². The standard InChI is InChI=1S/C37H44ClN5O6/c1-23-7-9-26(10-8-23)33(44)40-15-13-37(47,14-16-40)21-41-22-39-32-29(34(41)45)18-31(38)43(32)27-11-12-28(24(2)17-27)30-20-48-25(3)19-42(30)35(46)49-36(4,5)6/h7-12,17-18,22,25,30,47H,13-16,19-21H2,1-6H3/t25-,30-/m1/s1. The van der Waals surface area contributed by atoms with Crippen molar-refractivity contribution in [1.29, 1.82) is 0 Å². The van der Waals surface area contributed by atoms with E-state index in [9.17, 15) is 19.5 Å². The quantitative estimate of drug-likeness (QED) is 0.281. The van der Waals surface area contributed by atoms with Gasteiger partial charge < -0.3 is 19.5 Å². The lowest BCUT2D eigenvalue weighted by Gasteiger charge is -2.40. The molecule has 0 spiro atoms. The van der Waals surface area contributed by atoms with E-state index in [1.54, 1.807) is 20.4 Å². The zero-order valence-electron chi connectivity index (χ0n) is 28.9. The molecule has 0 bridgehead atoms. The predicted octanol–water partition coefficient (Wildman–Crippen LogP) is 5.82. The van der Waals surface area contributed by atoms with Crippen LogP contribution in [0, 0.1) is 13.8 Å². The highest BCUT2D eigenvalue weighted by Gasteiger charge is 2.37. The fourth-order valence-corrected chi connectivity index (χ4v) is 6.97. The summed E-state index contributed by atoms with van der Waals surface area (Å²) in [7, 11) is 0. The van der Waals surface area contributed by atoms with Gasteiger partial charge in [0.15, 0.2) is 5.65 Å². The largest absolute Gasteiger partial charge is 0.444 e. The average Bonchev–Trinajstić information content (AvgIpc) is 3.38. The second-order valence-electron chi connectivity index (χ2n) is 14.4. The number of carbonyl (C=O) groups is 2. The number of morpholine rings is 1. The molecule has 2 amide bonds. The minimum atomic E-state index is -1.17. The van der Waals surface area contributed by atoms with Gasteiger partial charge in [-0.2, -0.15) is 0 Å². The van der Waals surface area contributed by atoms with Crippen LogP contribution < -0.4 is 5.56 Å². The van der Waals surface area contributed by atoms with Crippen LogP contribution >= 0.6 is 11.6 Å². The van der Waals surface area contributed by atoms with Gasteiger partial charge in [-0.3, -0.25) is 23.6 Å². The first kappa shape index (κ1) is 34.7. The van der Waals surface area contributed by atoms with E-state index < -0.39 is 11.2 Å². The van der Waals surface area contributed by atoms with Crippen molar-refractivity contribution in [1.82, 2.24) is 23.9 Å². The first-order valence-corrected chi connectivity index (χ1v) is 17.1. The van der Waals surface area contributed by atoms with Crippen LogP contribution in [0.4, 0.5) is 4.79 Å². The number of rotatable bonds is 5. The van der Waals surface area contributed by atoms with Crippen molar-refractivity contribution in [3.63, 3.8) is 0 Å². The van der Waals surface area contributed by atoms with Crippen LogP contribution in [0.15, 0.2) is 59.7 Å². The maximum Gasteiger partial charge on any atom is 0.410 e. The third kappa shape index (κ3) is 7.25. The summed E-state index contributed by atoms with van der Waals surface area (Å²) in [5.41, 5.74) is 2.53. The van der Waals surface area contributed by atoms with Gasteiger partial charge in [0, 0.05) is 24.3 Å². The van der Waals surface area contributed by atoms with Gasteiger partial charge in [-0.15, -0.1) is 0 Å². The Morgan fingerprint density at radius 1 is 1.08 bits per heavy atom. The number of nitrogens with zero attached hydrogens (tertiary/aromatic N) is 5. The fraction of sp³-hybridized carbons (Fsp3) is 0.459. The molecular formula is C37H44ClN5O6. The molecule has 49 heavy (non-hydrogen) atoms. The highest BCUT2D eigenvalue weighted by molar-refractivity contribution is 6.31. The van der Waals surface area contributed by atoms with Crippen LogP contribution in [0.1, 0.15) is 73.6 Å². The van der Waals surface area contributed by atoms with E-state index in [1.807, 2.05) is 84.0 Å². The van der Waals surface area contributed by atoms with Crippen molar-refractivity contribution >= 4 is 34.6 Å². The second-order valence-corrected chi connectivity index (χ2v) is 14.8. The number of piperidine rings is 1. The molecule has 260 valence electrons. The number of aromatic nitrogens is 3. The molecule has 12 heteroatoms. The molecule has 0 saturated carbocycles. The van der Waals surface area contributed by atoms with Crippen LogP contribution in [0.2, 0.25) is 5.15 Å². The summed E-state index contributed by atoms with van der Waals surface area (Å²) in [6.45, 7) is 13.0. The first-order valence-electron chi connectivity index (χ1n) is 16.7. The zero-order valence-corrected chi connectivity index (χ0v) is 29.7. The molecular weight excluding hydrogens is 646 g/mol. The lowest BCUT2D eigenvalue weighted by Crippen LogP contribution is -2.49. The second kappa shape index (κ2) is 13.3. The number of amides is 2. The highest BCUT2D eigenvalue weighted by Crippen LogP contribution is 2.33. The Hall–Kier alpha value is -4.19. The van der Waals surface area contributed by atoms with Crippen molar-refractivity contribution in [2.45, 2.75) is 84.3 Å². The van der Waals surface area contributed by atoms with E-state index in [0.29, 0.717) is 66.5 Å². The molecule has 11 nitrogen and oxygen atoms in total. The number of aryl methyl sites for hydroxylation is 2. The SMILES string of the molecule is Cc1ccc(C(=O)N2CCC(O)(Cn3cnc4c(cc(Cl)n4-c4ccc([C@H]5CO[C@H](C)CN5C(=O)OC(C)(C)C)c(C)c4)c3=O)CC2)cc1. The summed E-state index contributed by atoms with van der Waals surface area (Å²) in [5, 5.41) is 12.1. The molecule has 2 aromatic heterocycles. The minimum absolute atomic E-state index is 0.0498. The summed E-state index contributed by atoms with van der Waals surface area (Å²) < 4.78 is 14.8. The number of halogens is 1. The normalized spacial score (nSPS) is 19.7. The predicted molar refractivity (Wildman–Crippen MR) is 187 cm³/mol. The van der Waals surface area contributed by atoms with Gasteiger partial charge in [0.2, 0.25) is 0 Å². The number of fused-ring (bicyclic) bond motifs is 1. The van der Waals surface area contributed by atoms with Gasteiger partial charge in [-0.1, -0.05) is 35.4 Å². The van der Waals surface area contributed by atoms with E-state index in [0.717, 1.165) is 16.7 Å². The number of ether oxygens (including phenoxy) is 2. The van der Waals surface area contributed by atoms with Gasteiger partial charge in [0.05, 0.1) is 42.8 Å². The van der Waals surface area contributed by atoms with Crippen molar-refractivity contribution < 1.29 is 24.2 Å². The Bertz CT molecular complexity index is 1940. The molecule has 0 unspecified atom stereocenters. The maximum absolute atomic E-state index is 13.7. The number of benzene rings is 2. The molecule has 2 aromatic carbocycles. The Balaban J connectivity index is 1.21. The number of hydrogen-bond donors (Lipinski definition) is 1. The first-order chi connectivity index (χ1) is 23.1. The lowest BCUT2D eigenvalue weighted by molar-refractivity contribution is -0.0645. The highest BCUT2D eigenvalue weighted by atomic mass is 35.5. The molecule has 2 aliphatic heterocycles. The summed E-state index contributed by atoms with van der Waals surface area (Å²) in [4.78, 5) is 47.9. The van der Waals surface area contributed by atoms with Gasteiger partial charge in [0.1, 0.15) is 17.1 Å². The van der Waals surface area contributed by atoms with E-state index in [-0.39, 0.29) is 36.3 Å². The average molecular weight is 690 g/mol. The Labute approximate surface area is 291 Å². The van der Waals surface area contributed by atoms with Crippen molar-refractivity contribution in [3.05, 3.63) is 92.6 Å². The maximum atomic E-state index is 13.7. The van der Waals surface area contributed by atoms with Crippen molar-refractivity contribution in [2.24, 2.45) is 0 Å². The van der Waals surface area contributed by atoms with Crippen LogP contribution in [-0.2, 0) is 16.0 Å². The molecule has 2 saturated heterocycles. The molecule has 2 aliphatic rings. The van der Waals surface area contributed by atoms with Gasteiger partial charge in [-0.05, 0) is 95.8 Å². The molecule has 2 atom stereocenters. The van der Waals surface area contributed by atoms with Gasteiger partial charge >= 0.3 is 6.09 Å². The molecule has 1 N–H and O–H groups in total. The van der Waals surface area contributed by atoms with Crippen LogP contribution in [0.25, 0.3) is 16.7 Å². The third-order valence-corrected chi connectivity index (χ3v) is 9.63. The van der Waals surface area contributed by atoms with Crippen LogP contribution in [0.5, 0.6) is 0 Å². The molecule has 0 aliphatic carbocycles. The Morgan fingerprint density at radius 3 is 2.43 bits per heavy atom. The molecule has 4 aromatic rings. The summed E-state index contributed by atoms with van der Waals surface area (Å²) >= 11 is 6.73. The third-order valence-electron chi connectivity index (χ3n) is 9.35. The van der Waals surface area contributed by atoms with E-state index >= 15 is 0 Å². The van der Waals surface area contributed by atoms with Crippen LogP contribution in [-0.4, -0.2) is 84.6 Å². The van der Waals surface area contributed by atoms with E-state index in [2.05, 4.69) is 4.98 Å². The minimum Gasteiger partial charge on any atom is -0.444 e. The molecule has 0 radical (unpaired) electrons. The molecule has 4 heterocycles. The zero-order chi connectivity index (χ0) is 35.2. The number of likely N-dealkylation sites (tertiary alicyclic amines) is 1. The Kier molecular flexibility index (Phi) is 9.38. The summed E-state index contributed by atoms with van der Waals surface area (Å²) in [6.07, 6.45) is 1.60. The van der Waals surface area contributed by atoms with Gasteiger partial charge in [0.25, 0.3) is 11.5 Å².